The number of rotatable bonds is 3. The average Bonchev–Trinajstić information content (AvgIpc) is 2.45. The van der Waals surface area contributed by atoms with Gasteiger partial charge in [-0.15, -0.1) is 0 Å². The second-order valence-electron chi connectivity index (χ2n) is 4.41. The molecule has 1 aliphatic heterocycles. The lowest BCUT2D eigenvalue weighted by Gasteiger charge is -2.10. The van der Waals surface area contributed by atoms with Crippen molar-refractivity contribution in [3.63, 3.8) is 0 Å². The molecule has 0 saturated heterocycles. The lowest BCUT2D eigenvalue weighted by atomic mass is 10.2. The highest BCUT2D eigenvalue weighted by molar-refractivity contribution is 6.29. The molecule has 2 aromatic rings. The minimum absolute atomic E-state index is 0.290. The number of aromatic nitrogens is 1. The molecule has 2 heterocycles. The first-order valence-electron chi connectivity index (χ1n) is 6.22. The Balaban J connectivity index is 1.91. The Bertz CT molecular complexity index is 684. The third-order valence-electron chi connectivity index (χ3n) is 2.99. The fourth-order valence-electron chi connectivity index (χ4n) is 2.07. The fraction of sp³-hybridized carbons (Fsp3) is 0.133. The Kier molecular flexibility index (Phi) is 3.48. The molecule has 0 atom stereocenters. The van der Waals surface area contributed by atoms with E-state index in [9.17, 15) is 4.91 Å². The van der Waals surface area contributed by atoms with Crippen molar-refractivity contribution < 1.29 is 9.50 Å². The zero-order chi connectivity index (χ0) is 13.9. The molecule has 4 nitrogen and oxygen atoms in total. The second kappa shape index (κ2) is 5.43. The molecule has 3 rings (SSSR count). The number of pyridine rings is 1. The van der Waals surface area contributed by atoms with Crippen LogP contribution in [0.2, 0.25) is 5.15 Å². The number of ether oxygens (including phenoxy) is 1. The summed E-state index contributed by atoms with van der Waals surface area (Å²) >= 11 is 5.97. The van der Waals surface area contributed by atoms with Gasteiger partial charge in [0.05, 0.1) is 0 Å². The predicted molar refractivity (Wildman–Crippen MR) is 77.2 cm³/mol. The highest BCUT2D eigenvalue weighted by atomic mass is 35.5. The summed E-state index contributed by atoms with van der Waals surface area (Å²) in [4.78, 5) is 16.1. The minimum Gasteiger partial charge on any atom is -0.482 e. The van der Waals surface area contributed by atoms with E-state index in [-0.39, 0.29) is 6.54 Å². The predicted octanol–water partition coefficient (Wildman–Crippen LogP) is 3.75. The highest BCUT2D eigenvalue weighted by Gasteiger charge is 2.28. The van der Waals surface area contributed by atoms with Gasteiger partial charge >= 0.3 is 5.69 Å². The van der Waals surface area contributed by atoms with Crippen LogP contribution in [0.4, 0.5) is 5.69 Å². The van der Waals surface area contributed by atoms with Gasteiger partial charge in [-0.05, 0) is 17.7 Å². The summed E-state index contributed by atoms with van der Waals surface area (Å²) in [5.41, 5.74) is 2.01. The molecule has 0 aliphatic carbocycles. The largest absolute Gasteiger partial charge is 0.482 e. The van der Waals surface area contributed by atoms with Gasteiger partial charge in [-0.1, -0.05) is 41.9 Å². The molecule has 1 aliphatic rings. The molecule has 1 aromatic carbocycles. The van der Waals surface area contributed by atoms with Crippen LogP contribution in [0.25, 0.3) is 6.08 Å². The summed E-state index contributed by atoms with van der Waals surface area (Å²) in [7, 11) is 0. The minimum atomic E-state index is 0.290. The monoisotopic (exact) mass is 287 g/mol. The molecule has 0 unspecified atom stereocenters. The molecule has 0 amide bonds. The Morgan fingerprint density at radius 1 is 1.30 bits per heavy atom. The van der Waals surface area contributed by atoms with E-state index in [0.29, 0.717) is 28.9 Å². The molecule has 100 valence electrons. The summed E-state index contributed by atoms with van der Waals surface area (Å²) in [6, 6.07) is 11.3. The van der Waals surface area contributed by atoms with Gasteiger partial charge in [-0.2, -0.15) is 0 Å². The van der Waals surface area contributed by atoms with Crippen molar-refractivity contribution in [2.75, 3.05) is 6.54 Å². The van der Waals surface area contributed by atoms with E-state index in [1.54, 1.807) is 18.2 Å². The van der Waals surface area contributed by atoms with Crippen LogP contribution >= 0.6 is 11.6 Å². The Morgan fingerprint density at radius 2 is 2.10 bits per heavy atom. The van der Waals surface area contributed by atoms with Crippen LogP contribution in [0.1, 0.15) is 11.3 Å². The van der Waals surface area contributed by atoms with Crippen LogP contribution in [0, 0.1) is 4.91 Å². The third-order valence-corrected chi connectivity index (χ3v) is 3.18. The molecule has 20 heavy (non-hydrogen) atoms. The van der Waals surface area contributed by atoms with Crippen LogP contribution in [0.3, 0.4) is 0 Å². The van der Waals surface area contributed by atoms with E-state index in [1.165, 1.54) is 0 Å². The van der Waals surface area contributed by atoms with Crippen LogP contribution in [-0.4, -0.2) is 16.3 Å². The number of halogens is 1. The summed E-state index contributed by atoms with van der Waals surface area (Å²) in [5, 5.41) is 0.312. The summed E-state index contributed by atoms with van der Waals surface area (Å²) in [6.07, 6.45) is 3.53. The Labute approximate surface area is 121 Å². The van der Waals surface area contributed by atoms with E-state index in [0.717, 1.165) is 10.3 Å². The zero-order valence-corrected chi connectivity index (χ0v) is 11.4. The van der Waals surface area contributed by atoms with E-state index in [1.807, 2.05) is 30.3 Å². The number of hydrogen-bond acceptors (Lipinski definition) is 3. The van der Waals surface area contributed by atoms with Crippen molar-refractivity contribution in [1.29, 1.82) is 0 Å². The molecule has 0 spiro atoms. The first-order valence-corrected chi connectivity index (χ1v) is 6.60. The molecule has 0 N–H and O–H groups in total. The van der Waals surface area contributed by atoms with Gasteiger partial charge in [0.25, 0.3) is 0 Å². The van der Waals surface area contributed by atoms with Crippen molar-refractivity contribution in [2.45, 2.75) is 6.61 Å². The van der Waals surface area contributed by atoms with Gasteiger partial charge < -0.3 is 4.74 Å². The smallest absolute Gasteiger partial charge is 0.323 e. The maximum Gasteiger partial charge on any atom is 0.323 e. The molecule has 5 heteroatoms. The maximum absolute atomic E-state index is 11.9. The first-order chi connectivity index (χ1) is 9.74. The molecule has 0 bridgehead atoms. The van der Waals surface area contributed by atoms with Gasteiger partial charge in [0.1, 0.15) is 17.5 Å². The molecular formula is C15H12ClN2O2+. The Morgan fingerprint density at radius 3 is 2.90 bits per heavy atom. The zero-order valence-electron chi connectivity index (χ0n) is 10.6. The topological polar surface area (TPSA) is 42.2 Å². The number of nitrogens with zero attached hydrogens (tertiary/aromatic N) is 2. The molecule has 0 saturated carbocycles. The van der Waals surface area contributed by atoms with Gasteiger partial charge in [0.15, 0.2) is 0 Å². The summed E-state index contributed by atoms with van der Waals surface area (Å²) < 4.78 is 6.60. The van der Waals surface area contributed by atoms with E-state index in [2.05, 4.69) is 4.98 Å². The van der Waals surface area contributed by atoms with E-state index in [4.69, 9.17) is 16.3 Å². The maximum atomic E-state index is 11.9. The van der Waals surface area contributed by atoms with Gasteiger partial charge in [0, 0.05) is 15.7 Å². The lowest BCUT2D eigenvalue weighted by Crippen LogP contribution is -2.10. The SMILES string of the molecule is O=[N+]1CC=Cc2nc(Cl)cc(OCc3ccccc3)c21. The lowest BCUT2D eigenvalue weighted by molar-refractivity contribution is -0.453. The van der Waals surface area contributed by atoms with Gasteiger partial charge in [0.2, 0.25) is 12.3 Å². The number of hydrogen-bond donors (Lipinski definition) is 0. The fourth-order valence-corrected chi connectivity index (χ4v) is 2.26. The number of fused-ring (bicyclic) bond motifs is 1. The van der Waals surface area contributed by atoms with E-state index < -0.39 is 0 Å². The first kappa shape index (κ1) is 12.8. The molecule has 0 radical (unpaired) electrons. The van der Waals surface area contributed by atoms with Crippen molar-refractivity contribution in [3.8, 4) is 5.75 Å². The highest BCUT2D eigenvalue weighted by Crippen LogP contribution is 2.35. The standard InChI is InChI=1S/C15H12ClN2O2/c16-14-9-13(20-10-11-5-2-1-3-6-11)15-12(17-14)7-4-8-18(15)19/h1-7,9H,8,10H2/q+1. The number of nitroso groups, excluding NO2 is 1. The molecular weight excluding hydrogens is 276 g/mol. The van der Waals surface area contributed by atoms with Crippen LogP contribution in [-0.2, 0) is 6.61 Å². The van der Waals surface area contributed by atoms with E-state index >= 15 is 0 Å². The third kappa shape index (κ3) is 2.56. The second-order valence-corrected chi connectivity index (χ2v) is 4.80. The summed E-state index contributed by atoms with van der Waals surface area (Å²) in [6.45, 7) is 0.670. The van der Waals surface area contributed by atoms with Gasteiger partial charge in [-0.25, -0.2) is 4.98 Å². The average molecular weight is 288 g/mol. The van der Waals surface area contributed by atoms with Crippen LogP contribution in [0.5, 0.6) is 5.75 Å². The van der Waals surface area contributed by atoms with Crippen LogP contribution in [0.15, 0.2) is 42.5 Å². The van der Waals surface area contributed by atoms with Crippen molar-refractivity contribution in [1.82, 2.24) is 4.98 Å². The Hall–Kier alpha value is -2.20. The van der Waals surface area contributed by atoms with Crippen molar-refractivity contribution in [3.05, 3.63) is 63.8 Å². The molecule has 1 aromatic heterocycles. The molecule has 0 fully saturated rings. The van der Waals surface area contributed by atoms with Crippen molar-refractivity contribution in [2.24, 2.45) is 0 Å². The normalized spacial score (nSPS) is 13.2. The number of benzene rings is 1. The quantitative estimate of drug-likeness (QED) is 0.638. The van der Waals surface area contributed by atoms with Gasteiger partial charge in [-0.3, -0.25) is 0 Å². The van der Waals surface area contributed by atoms with Crippen LogP contribution < -0.4 is 4.74 Å². The summed E-state index contributed by atoms with van der Waals surface area (Å²) in [5.74, 6) is 0.461. The van der Waals surface area contributed by atoms with Crippen molar-refractivity contribution >= 4 is 23.4 Å².